The van der Waals surface area contributed by atoms with Gasteiger partial charge in [-0.05, 0) is 23.8 Å². The van der Waals surface area contributed by atoms with Crippen LogP contribution in [0.2, 0.25) is 5.02 Å². The zero-order valence-corrected chi connectivity index (χ0v) is 11.1. The van der Waals surface area contributed by atoms with Gasteiger partial charge in [0.25, 0.3) is 5.69 Å². The molecule has 0 radical (unpaired) electrons. The molecule has 0 aliphatic heterocycles. The highest BCUT2D eigenvalue weighted by Crippen LogP contribution is 2.18. The van der Waals surface area contributed by atoms with Gasteiger partial charge in [0, 0.05) is 22.8 Å². The third-order valence-electron chi connectivity index (χ3n) is 2.67. The van der Waals surface area contributed by atoms with Crippen molar-refractivity contribution in [2.45, 2.75) is 6.42 Å². The average Bonchev–Trinajstić information content (AvgIpc) is 2.42. The molecule has 1 N–H and O–H groups in total. The monoisotopic (exact) mass is 290 g/mol. The van der Waals surface area contributed by atoms with Crippen molar-refractivity contribution in [1.82, 2.24) is 0 Å². The Morgan fingerprint density at radius 1 is 1.15 bits per heavy atom. The molecule has 0 saturated heterocycles. The van der Waals surface area contributed by atoms with Crippen LogP contribution in [0.5, 0.6) is 0 Å². The fourth-order valence-corrected chi connectivity index (χ4v) is 1.89. The number of benzene rings is 2. The molecule has 5 nitrogen and oxygen atoms in total. The van der Waals surface area contributed by atoms with Crippen LogP contribution in [0.15, 0.2) is 48.5 Å². The van der Waals surface area contributed by atoms with E-state index in [0.717, 1.165) is 5.56 Å². The number of non-ortho nitro benzene ring substituents is 1. The summed E-state index contributed by atoms with van der Waals surface area (Å²) in [4.78, 5) is 21.9. The van der Waals surface area contributed by atoms with Gasteiger partial charge in [0.1, 0.15) is 0 Å². The van der Waals surface area contributed by atoms with Gasteiger partial charge in [-0.1, -0.05) is 29.8 Å². The van der Waals surface area contributed by atoms with Crippen LogP contribution in [0.25, 0.3) is 0 Å². The summed E-state index contributed by atoms with van der Waals surface area (Å²) >= 11 is 5.97. The number of nitro benzene ring substituents is 1. The first kappa shape index (κ1) is 14.0. The maximum atomic E-state index is 11.8. The Morgan fingerprint density at radius 2 is 1.80 bits per heavy atom. The molecule has 0 aliphatic rings. The predicted molar refractivity (Wildman–Crippen MR) is 76.9 cm³/mol. The van der Waals surface area contributed by atoms with Crippen LogP contribution in [-0.4, -0.2) is 10.8 Å². The summed E-state index contributed by atoms with van der Waals surface area (Å²) in [6.45, 7) is 0. The molecule has 102 valence electrons. The Bertz CT molecular complexity index is 641. The van der Waals surface area contributed by atoms with Crippen LogP contribution in [0, 0.1) is 10.1 Å². The van der Waals surface area contributed by atoms with Crippen molar-refractivity contribution >= 4 is 28.9 Å². The van der Waals surface area contributed by atoms with Gasteiger partial charge in [0.15, 0.2) is 0 Å². The van der Waals surface area contributed by atoms with Gasteiger partial charge < -0.3 is 5.32 Å². The van der Waals surface area contributed by atoms with E-state index in [1.165, 1.54) is 24.3 Å². The van der Waals surface area contributed by atoms with Gasteiger partial charge >= 0.3 is 0 Å². The Balaban J connectivity index is 2.01. The van der Waals surface area contributed by atoms with E-state index in [4.69, 9.17) is 11.6 Å². The molecule has 0 saturated carbocycles. The summed E-state index contributed by atoms with van der Waals surface area (Å²) in [7, 11) is 0. The number of carbonyl (C=O) groups excluding carboxylic acids is 1. The van der Waals surface area contributed by atoms with Gasteiger partial charge in [0.2, 0.25) is 5.91 Å². The molecular weight excluding hydrogens is 280 g/mol. The lowest BCUT2D eigenvalue weighted by Gasteiger charge is -2.06. The second-order valence-corrected chi connectivity index (χ2v) is 4.53. The summed E-state index contributed by atoms with van der Waals surface area (Å²) in [6, 6.07) is 12.7. The molecular formula is C14H11ClN2O3. The maximum absolute atomic E-state index is 11.8. The number of nitrogens with one attached hydrogen (secondary N) is 1. The quantitative estimate of drug-likeness (QED) is 0.692. The summed E-state index contributed by atoms with van der Waals surface area (Å²) in [5.74, 6) is -0.230. The van der Waals surface area contributed by atoms with Crippen molar-refractivity contribution in [3.8, 4) is 0 Å². The zero-order valence-electron chi connectivity index (χ0n) is 10.4. The molecule has 6 heteroatoms. The van der Waals surface area contributed by atoms with E-state index in [-0.39, 0.29) is 18.0 Å². The van der Waals surface area contributed by atoms with Gasteiger partial charge in [0.05, 0.1) is 11.3 Å². The highest BCUT2D eigenvalue weighted by Gasteiger charge is 2.08. The number of carbonyl (C=O) groups is 1. The molecule has 1 amide bonds. The smallest absolute Gasteiger partial charge is 0.269 e. The van der Waals surface area contributed by atoms with E-state index in [1.54, 1.807) is 24.3 Å². The Morgan fingerprint density at radius 3 is 2.40 bits per heavy atom. The summed E-state index contributed by atoms with van der Waals surface area (Å²) in [6.07, 6.45) is 0.149. The van der Waals surface area contributed by atoms with Gasteiger partial charge in [-0.15, -0.1) is 0 Å². The first-order valence-corrected chi connectivity index (χ1v) is 6.22. The molecule has 2 aromatic rings. The van der Waals surface area contributed by atoms with Crippen molar-refractivity contribution in [2.24, 2.45) is 0 Å². The molecule has 0 heterocycles. The van der Waals surface area contributed by atoms with Gasteiger partial charge in [-0.3, -0.25) is 14.9 Å². The third-order valence-corrected chi connectivity index (χ3v) is 3.04. The third kappa shape index (κ3) is 3.55. The number of hydrogen-bond acceptors (Lipinski definition) is 3. The topological polar surface area (TPSA) is 72.2 Å². The van der Waals surface area contributed by atoms with E-state index < -0.39 is 4.92 Å². The SMILES string of the molecule is O=C(Cc1ccccc1Cl)Nc1ccc([N+](=O)[O-])cc1. The van der Waals surface area contributed by atoms with Gasteiger partial charge in [-0.2, -0.15) is 0 Å². The lowest BCUT2D eigenvalue weighted by Crippen LogP contribution is -2.14. The fourth-order valence-electron chi connectivity index (χ4n) is 1.69. The van der Waals surface area contributed by atoms with Crippen molar-refractivity contribution in [3.63, 3.8) is 0 Å². The molecule has 0 aromatic heterocycles. The zero-order chi connectivity index (χ0) is 14.5. The molecule has 0 aliphatic carbocycles. The Hall–Kier alpha value is -2.40. The minimum Gasteiger partial charge on any atom is -0.326 e. The van der Waals surface area contributed by atoms with Crippen LogP contribution >= 0.6 is 11.6 Å². The minimum atomic E-state index is -0.491. The summed E-state index contributed by atoms with van der Waals surface area (Å²) in [5.41, 5.74) is 1.22. The number of amides is 1. The number of anilines is 1. The molecule has 0 spiro atoms. The molecule has 0 fully saturated rings. The second-order valence-electron chi connectivity index (χ2n) is 4.12. The minimum absolute atomic E-state index is 0.0193. The lowest BCUT2D eigenvalue weighted by atomic mass is 10.1. The number of nitro groups is 1. The first-order chi connectivity index (χ1) is 9.56. The lowest BCUT2D eigenvalue weighted by molar-refractivity contribution is -0.384. The number of nitrogens with zero attached hydrogens (tertiary/aromatic N) is 1. The molecule has 2 rings (SSSR count). The summed E-state index contributed by atoms with van der Waals surface area (Å²) < 4.78 is 0. The van der Waals surface area contributed by atoms with Crippen LogP contribution in [0.1, 0.15) is 5.56 Å². The average molecular weight is 291 g/mol. The number of hydrogen-bond donors (Lipinski definition) is 1. The van der Waals surface area contributed by atoms with Crippen LogP contribution in [0.4, 0.5) is 11.4 Å². The largest absolute Gasteiger partial charge is 0.326 e. The fraction of sp³-hybridized carbons (Fsp3) is 0.0714. The van der Waals surface area contributed by atoms with E-state index in [2.05, 4.69) is 5.32 Å². The maximum Gasteiger partial charge on any atom is 0.269 e. The van der Waals surface area contributed by atoms with Crippen molar-refractivity contribution in [1.29, 1.82) is 0 Å². The molecule has 2 aromatic carbocycles. The normalized spacial score (nSPS) is 10.1. The predicted octanol–water partition coefficient (Wildman–Crippen LogP) is 3.43. The van der Waals surface area contributed by atoms with Crippen molar-refractivity contribution in [3.05, 3.63) is 69.2 Å². The van der Waals surface area contributed by atoms with E-state index >= 15 is 0 Å². The molecule has 20 heavy (non-hydrogen) atoms. The number of rotatable bonds is 4. The Kier molecular flexibility index (Phi) is 4.32. The molecule has 0 unspecified atom stereocenters. The molecule has 0 atom stereocenters. The highest BCUT2D eigenvalue weighted by molar-refractivity contribution is 6.31. The van der Waals surface area contributed by atoms with E-state index in [0.29, 0.717) is 10.7 Å². The van der Waals surface area contributed by atoms with Crippen LogP contribution < -0.4 is 5.32 Å². The van der Waals surface area contributed by atoms with E-state index in [1.807, 2.05) is 0 Å². The summed E-state index contributed by atoms with van der Waals surface area (Å²) in [5, 5.41) is 13.7. The van der Waals surface area contributed by atoms with Crippen LogP contribution in [0.3, 0.4) is 0 Å². The number of halogens is 1. The van der Waals surface area contributed by atoms with Crippen molar-refractivity contribution < 1.29 is 9.72 Å². The Labute approximate surface area is 120 Å². The standard InChI is InChI=1S/C14H11ClN2O3/c15-13-4-2-1-3-10(13)9-14(18)16-11-5-7-12(8-6-11)17(19)20/h1-8H,9H2,(H,16,18). The molecule has 0 bridgehead atoms. The van der Waals surface area contributed by atoms with Crippen LogP contribution in [-0.2, 0) is 11.2 Å². The van der Waals surface area contributed by atoms with E-state index in [9.17, 15) is 14.9 Å². The van der Waals surface area contributed by atoms with Crippen molar-refractivity contribution in [2.75, 3.05) is 5.32 Å². The van der Waals surface area contributed by atoms with Gasteiger partial charge in [-0.25, -0.2) is 0 Å². The second kappa shape index (κ2) is 6.16. The highest BCUT2D eigenvalue weighted by atomic mass is 35.5. The first-order valence-electron chi connectivity index (χ1n) is 5.84.